The van der Waals surface area contributed by atoms with Gasteiger partial charge in [-0.15, -0.1) is 0 Å². The molecule has 1 aliphatic heterocycles. The Hall–Kier alpha value is -2.63. The van der Waals surface area contributed by atoms with Gasteiger partial charge < -0.3 is 14.4 Å². The van der Waals surface area contributed by atoms with E-state index < -0.39 is 0 Å². The standard InChI is InChI=1S/C18H21N3O3/c1-4-15-14(9-19-11-20-15)18(22)21-6-5-12-7-16(23-2)17(24-3)8-13(12)10-21/h7-9,11H,4-6,10H2,1-3H3. The number of amides is 1. The molecule has 1 aromatic carbocycles. The van der Waals surface area contributed by atoms with Crippen LogP contribution in [0.4, 0.5) is 0 Å². The molecular formula is C18H21N3O3. The number of carbonyl (C=O) groups is 1. The van der Waals surface area contributed by atoms with Gasteiger partial charge in [0.25, 0.3) is 5.91 Å². The zero-order valence-electron chi connectivity index (χ0n) is 14.2. The first kappa shape index (κ1) is 16.2. The molecule has 0 saturated carbocycles. The second-order valence-electron chi connectivity index (χ2n) is 5.69. The first-order chi connectivity index (χ1) is 11.7. The number of fused-ring (bicyclic) bond motifs is 1. The van der Waals surface area contributed by atoms with Crippen molar-refractivity contribution in [3.05, 3.63) is 47.0 Å². The number of ether oxygens (including phenoxy) is 2. The van der Waals surface area contributed by atoms with Crippen molar-refractivity contribution in [2.45, 2.75) is 26.3 Å². The molecule has 6 heteroatoms. The predicted octanol–water partition coefficient (Wildman–Crippen LogP) is 2.25. The van der Waals surface area contributed by atoms with Crippen LogP contribution in [0, 0.1) is 0 Å². The SMILES string of the molecule is CCc1ncncc1C(=O)N1CCc2cc(OC)c(OC)cc2C1. The normalized spacial score (nSPS) is 13.4. The zero-order valence-corrected chi connectivity index (χ0v) is 14.2. The summed E-state index contributed by atoms with van der Waals surface area (Å²) in [6.07, 6.45) is 4.59. The minimum absolute atomic E-state index is 0.0205. The van der Waals surface area contributed by atoms with E-state index in [9.17, 15) is 4.79 Å². The Kier molecular flexibility index (Phi) is 4.64. The van der Waals surface area contributed by atoms with Crippen LogP contribution in [-0.4, -0.2) is 41.5 Å². The van der Waals surface area contributed by atoms with E-state index in [4.69, 9.17) is 9.47 Å². The molecule has 126 valence electrons. The van der Waals surface area contributed by atoms with Crippen molar-refractivity contribution in [1.82, 2.24) is 14.9 Å². The van der Waals surface area contributed by atoms with Crippen molar-refractivity contribution in [3.63, 3.8) is 0 Å². The number of aromatic nitrogens is 2. The van der Waals surface area contributed by atoms with E-state index in [0.29, 0.717) is 30.8 Å². The molecule has 0 aliphatic carbocycles. The second kappa shape index (κ2) is 6.86. The highest BCUT2D eigenvalue weighted by Crippen LogP contribution is 2.33. The molecule has 0 unspecified atom stereocenters. The summed E-state index contributed by atoms with van der Waals surface area (Å²) in [7, 11) is 3.25. The summed E-state index contributed by atoms with van der Waals surface area (Å²) in [5.74, 6) is 1.39. The molecule has 24 heavy (non-hydrogen) atoms. The third kappa shape index (κ3) is 2.91. The van der Waals surface area contributed by atoms with Crippen LogP contribution < -0.4 is 9.47 Å². The molecule has 1 amide bonds. The van der Waals surface area contributed by atoms with Crippen LogP contribution in [-0.2, 0) is 19.4 Å². The van der Waals surface area contributed by atoms with Crippen molar-refractivity contribution < 1.29 is 14.3 Å². The van der Waals surface area contributed by atoms with E-state index >= 15 is 0 Å². The molecule has 2 heterocycles. The number of hydrogen-bond donors (Lipinski definition) is 0. The maximum atomic E-state index is 12.9. The van der Waals surface area contributed by atoms with Crippen LogP contribution in [0.25, 0.3) is 0 Å². The molecule has 1 aliphatic rings. The number of aryl methyl sites for hydroxylation is 1. The van der Waals surface area contributed by atoms with Crippen LogP contribution in [0.15, 0.2) is 24.7 Å². The monoisotopic (exact) mass is 327 g/mol. The second-order valence-corrected chi connectivity index (χ2v) is 5.69. The number of nitrogens with zero attached hydrogens (tertiary/aromatic N) is 3. The van der Waals surface area contributed by atoms with Gasteiger partial charge in [-0.2, -0.15) is 0 Å². The van der Waals surface area contributed by atoms with E-state index in [2.05, 4.69) is 9.97 Å². The van der Waals surface area contributed by atoms with Gasteiger partial charge in [-0.05, 0) is 36.1 Å². The molecule has 0 N–H and O–H groups in total. The van der Waals surface area contributed by atoms with Crippen molar-refractivity contribution in [2.24, 2.45) is 0 Å². The smallest absolute Gasteiger partial charge is 0.257 e. The fraction of sp³-hybridized carbons (Fsp3) is 0.389. The molecule has 0 spiro atoms. The van der Waals surface area contributed by atoms with Gasteiger partial charge in [0.05, 0.1) is 25.5 Å². The lowest BCUT2D eigenvalue weighted by Crippen LogP contribution is -2.36. The fourth-order valence-corrected chi connectivity index (χ4v) is 3.04. The lowest BCUT2D eigenvalue weighted by atomic mass is 9.98. The van der Waals surface area contributed by atoms with E-state index in [0.717, 1.165) is 23.4 Å². The van der Waals surface area contributed by atoms with Crippen LogP contribution in [0.1, 0.15) is 34.1 Å². The molecule has 2 aromatic rings. The Balaban J connectivity index is 1.88. The fourth-order valence-electron chi connectivity index (χ4n) is 3.04. The number of rotatable bonds is 4. The summed E-state index contributed by atoms with van der Waals surface area (Å²) in [5, 5.41) is 0. The van der Waals surface area contributed by atoms with Gasteiger partial charge in [-0.1, -0.05) is 6.92 Å². The lowest BCUT2D eigenvalue weighted by molar-refractivity contribution is 0.0732. The van der Waals surface area contributed by atoms with Crippen LogP contribution in [0.2, 0.25) is 0 Å². The van der Waals surface area contributed by atoms with E-state index in [-0.39, 0.29) is 5.91 Å². The van der Waals surface area contributed by atoms with Gasteiger partial charge in [-0.25, -0.2) is 9.97 Å². The highest BCUT2D eigenvalue weighted by atomic mass is 16.5. The largest absolute Gasteiger partial charge is 0.493 e. The average molecular weight is 327 g/mol. The van der Waals surface area contributed by atoms with Crippen LogP contribution in [0.3, 0.4) is 0 Å². The third-order valence-electron chi connectivity index (χ3n) is 4.37. The molecule has 0 saturated heterocycles. The van der Waals surface area contributed by atoms with Gasteiger partial charge in [0.2, 0.25) is 0 Å². The molecular weight excluding hydrogens is 306 g/mol. The number of methoxy groups -OCH3 is 2. The zero-order chi connectivity index (χ0) is 17.1. The van der Waals surface area contributed by atoms with Crippen LogP contribution in [0.5, 0.6) is 11.5 Å². The summed E-state index contributed by atoms with van der Waals surface area (Å²) in [6, 6.07) is 3.95. The predicted molar refractivity (Wildman–Crippen MR) is 89.4 cm³/mol. The summed E-state index contributed by atoms with van der Waals surface area (Å²) >= 11 is 0. The van der Waals surface area contributed by atoms with Gasteiger partial charge >= 0.3 is 0 Å². The van der Waals surface area contributed by atoms with Crippen molar-refractivity contribution in [2.75, 3.05) is 20.8 Å². The molecule has 3 rings (SSSR count). The first-order valence-corrected chi connectivity index (χ1v) is 7.99. The molecule has 1 aromatic heterocycles. The lowest BCUT2D eigenvalue weighted by Gasteiger charge is -2.30. The van der Waals surface area contributed by atoms with Crippen molar-refractivity contribution >= 4 is 5.91 Å². The van der Waals surface area contributed by atoms with E-state index in [1.54, 1.807) is 20.4 Å². The summed E-state index contributed by atoms with van der Waals surface area (Å²) in [5.41, 5.74) is 3.65. The maximum absolute atomic E-state index is 12.9. The maximum Gasteiger partial charge on any atom is 0.257 e. The average Bonchev–Trinajstić information content (AvgIpc) is 2.65. The number of carbonyl (C=O) groups excluding carboxylic acids is 1. The summed E-state index contributed by atoms with van der Waals surface area (Å²) in [6.45, 7) is 3.20. The number of hydrogen-bond acceptors (Lipinski definition) is 5. The molecule has 0 fully saturated rings. The molecule has 0 bridgehead atoms. The van der Waals surface area contributed by atoms with Crippen LogP contribution >= 0.6 is 0 Å². The Morgan fingerprint density at radius 1 is 1.21 bits per heavy atom. The minimum atomic E-state index is -0.0205. The van der Waals surface area contributed by atoms with E-state index in [1.807, 2.05) is 24.0 Å². The third-order valence-corrected chi connectivity index (χ3v) is 4.37. The van der Waals surface area contributed by atoms with Gasteiger partial charge in [0, 0.05) is 19.3 Å². The highest BCUT2D eigenvalue weighted by Gasteiger charge is 2.25. The quantitative estimate of drug-likeness (QED) is 0.862. The molecule has 6 nitrogen and oxygen atoms in total. The van der Waals surface area contributed by atoms with E-state index in [1.165, 1.54) is 11.9 Å². The highest BCUT2D eigenvalue weighted by molar-refractivity contribution is 5.95. The number of benzene rings is 1. The Morgan fingerprint density at radius 3 is 2.58 bits per heavy atom. The Labute approximate surface area is 141 Å². The van der Waals surface area contributed by atoms with Gasteiger partial charge in [0.1, 0.15) is 6.33 Å². The molecule has 0 radical (unpaired) electrons. The first-order valence-electron chi connectivity index (χ1n) is 7.99. The van der Waals surface area contributed by atoms with Crippen molar-refractivity contribution in [3.8, 4) is 11.5 Å². The summed E-state index contributed by atoms with van der Waals surface area (Å²) in [4.78, 5) is 22.9. The van der Waals surface area contributed by atoms with Gasteiger partial charge in [-0.3, -0.25) is 4.79 Å². The van der Waals surface area contributed by atoms with Gasteiger partial charge in [0.15, 0.2) is 11.5 Å². The summed E-state index contributed by atoms with van der Waals surface area (Å²) < 4.78 is 10.7. The topological polar surface area (TPSA) is 64.6 Å². The Morgan fingerprint density at radius 2 is 1.92 bits per heavy atom. The Bertz CT molecular complexity index is 761. The minimum Gasteiger partial charge on any atom is -0.493 e. The van der Waals surface area contributed by atoms with Crippen molar-refractivity contribution in [1.29, 1.82) is 0 Å². The molecule has 0 atom stereocenters.